The maximum atomic E-state index is 12.9. The number of nitrogens with one attached hydrogen (secondary N) is 1. The number of hydrogen-bond donors (Lipinski definition) is 1. The molecule has 170 valence electrons. The smallest absolute Gasteiger partial charge is 0.343 e. The van der Waals surface area contributed by atoms with Gasteiger partial charge in [-0.25, -0.2) is 9.80 Å². The Balaban J connectivity index is 1.68. The number of para-hydroxylation sites is 1. The fourth-order valence-electron chi connectivity index (χ4n) is 3.21. The van der Waals surface area contributed by atoms with Crippen molar-refractivity contribution in [2.75, 3.05) is 12.1 Å². The van der Waals surface area contributed by atoms with Crippen molar-refractivity contribution in [1.82, 2.24) is 5.43 Å². The van der Waals surface area contributed by atoms with Crippen LogP contribution in [0, 0.1) is 10.1 Å². The molecule has 0 atom stereocenters. The van der Waals surface area contributed by atoms with Crippen LogP contribution in [0.4, 0.5) is 11.4 Å². The molecule has 0 spiro atoms. The summed E-state index contributed by atoms with van der Waals surface area (Å²) in [6.45, 7) is 0. The van der Waals surface area contributed by atoms with Crippen molar-refractivity contribution in [2.45, 2.75) is 0 Å². The van der Waals surface area contributed by atoms with Gasteiger partial charge < -0.3 is 9.47 Å². The van der Waals surface area contributed by atoms with E-state index in [4.69, 9.17) is 9.47 Å². The van der Waals surface area contributed by atoms with Gasteiger partial charge in [0.15, 0.2) is 0 Å². The summed E-state index contributed by atoms with van der Waals surface area (Å²) >= 11 is 0. The summed E-state index contributed by atoms with van der Waals surface area (Å²) in [6.07, 6.45) is 1.16. The Morgan fingerprint density at radius 2 is 1.74 bits per heavy atom. The van der Waals surface area contributed by atoms with Gasteiger partial charge >= 0.3 is 5.97 Å². The van der Waals surface area contributed by atoms with Crippen molar-refractivity contribution < 1.29 is 28.8 Å². The first kappa shape index (κ1) is 22.2. The van der Waals surface area contributed by atoms with Gasteiger partial charge in [-0.15, -0.1) is 0 Å². The number of ether oxygens (including phenoxy) is 2. The van der Waals surface area contributed by atoms with Gasteiger partial charge in [0.05, 0.1) is 23.3 Å². The molecule has 2 amide bonds. The maximum absolute atomic E-state index is 12.9. The Bertz CT molecular complexity index is 1320. The van der Waals surface area contributed by atoms with Gasteiger partial charge in [0.2, 0.25) is 0 Å². The van der Waals surface area contributed by atoms with E-state index < -0.39 is 22.7 Å². The highest BCUT2D eigenvalue weighted by Crippen LogP contribution is 2.29. The predicted octanol–water partition coefficient (Wildman–Crippen LogP) is 3.28. The molecule has 0 bridgehead atoms. The zero-order valence-electron chi connectivity index (χ0n) is 17.8. The number of rotatable bonds is 6. The number of nitrogens with zero attached hydrogens (tertiary/aromatic N) is 2. The Hall–Kier alpha value is -4.99. The van der Waals surface area contributed by atoms with Gasteiger partial charge in [-0.05, 0) is 48.5 Å². The third-order valence-electron chi connectivity index (χ3n) is 4.94. The van der Waals surface area contributed by atoms with Crippen molar-refractivity contribution >= 4 is 35.2 Å². The monoisotopic (exact) mass is 459 g/mol. The number of methoxy groups -OCH3 is 1. The van der Waals surface area contributed by atoms with E-state index in [1.807, 2.05) is 0 Å². The predicted molar refractivity (Wildman–Crippen MR) is 121 cm³/mol. The molecule has 0 radical (unpaired) electrons. The summed E-state index contributed by atoms with van der Waals surface area (Å²) < 4.78 is 10.5. The molecule has 1 aliphatic heterocycles. The van der Waals surface area contributed by atoms with E-state index in [1.165, 1.54) is 25.3 Å². The van der Waals surface area contributed by atoms with E-state index in [9.17, 15) is 24.5 Å². The summed E-state index contributed by atoms with van der Waals surface area (Å²) in [7, 11) is 1.49. The number of esters is 1. The van der Waals surface area contributed by atoms with Crippen LogP contribution in [0.1, 0.15) is 15.9 Å². The minimum absolute atomic E-state index is 0.0180. The average Bonchev–Trinajstić information content (AvgIpc) is 3.13. The van der Waals surface area contributed by atoms with Crippen molar-refractivity contribution in [3.63, 3.8) is 0 Å². The molecule has 0 aromatic heterocycles. The van der Waals surface area contributed by atoms with Gasteiger partial charge in [0, 0.05) is 17.7 Å². The molecule has 0 aliphatic carbocycles. The second-order valence-electron chi connectivity index (χ2n) is 7.07. The number of hydrazine groups is 1. The topological polar surface area (TPSA) is 128 Å². The SMILES string of the molecule is COc1ccc(C(=O)Oc2ccc([N+](=O)[O-])cc2C=C2C(=O)NN(c3ccccc3)C2=O)cc1. The van der Waals surface area contributed by atoms with Crippen LogP contribution in [0.25, 0.3) is 6.08 Å². The van der Waals surface area contributed by atoms with Crippen LogP contribution in [0.3, 0.4) is 0 Å². The third-order valence-corrected chi connectivity index (χ3v) is 4.94. The van der Waals surface area contributed by atoms with Crippen LogP contribution in [0.15, 0.2) is 78.4 Å². The van der Waals surface area contributed by atoms with Crippen LogP contribution in [0.2, 0.25) is 0 Å². The molecule has 0 saturated carbocycles. The Labute approximate surface area is 193 Å². The van der Waals surface area contributed by atoms with Gasteiger partial charge in [-0.2, -0.15) is 0 Å². The zero-order valence-corrected chi connectivity index (χ0v) is 17.8. The number of amides is 2. The van der Waals surface area contributed by atoms with E-state index in [1.54, 1.807) is 42.5 Å². The molecule has 1 aliphatic rings. The molecular formula is C24H17N3O7. The number of carbonyl (C=O) groups excluding carboxylic acids is 3. The van der Waals surface area contributed by atoms with E-state index >= 15 is 0 Å². The first-order valence-corrected chi connectivity index (χ1v) is 9.94. The van der Waals surface area contributed by atoms with Gasteiger partial charge in [-0.3, -0.25) is 25.1 Å². The second kappa shape index (κ2) is 9.25. The maximum Gasteiger partial charge on any atom is 0.343 e. The van der Waals surface area contributed by atoms with Crippen LogP contribution < -0.4 is 19.9 Å². The molecule has 3 aromatic rings. The largest absolute Gasteiger partial charge is 0.497 e. The normalized spacial score (nSPS) is 14.1. The fraction of sp³-hybridized carbons (Fsp3) is 0.0417. The van der Waals surface area contributed by atoms with E-state index in [2.05, 4.69) is 5.43 Å². The summed E-state index contributed by atoms with van der Waals surface area (Å²) in [4.78, 5) is 48.7. The minimum Gasteiger partial charge on any atom is -0.497 e. The van der Waals surface area contributed by atoms with E-state index in [0.29, 0.717) is 11.4 Å². The number of anilines is 1. The molecule has 1 fully saturated rings. The molecule has 34 heavy (non-hydrogen) atoms. The number of nitro groups is 1. The Kier molecular flexibility index (Phi) is 6.04. The quantitative estimate of drug-likeness (QED) is 0.150. The number of non-ortho nitro benzene ring substituents is 1. The van der Waals surface area contributed by atoms with Crippen LogP contribution in [-0.2, 0) is 9.59 Å². The van der Waals surface area contributed by atoms with Crippen molar-refractivity contribution in [3.05, 3.63) is 99.6 Å². The highest BCUT2D eigenvalue weighted by molar-refractivity contribution is 6.31. The second-order valence-corrected chi connectivity index (χ2v) is 7.07. The van der Waals surface area contributed by atoms with Crippen molar-refractivity contribution in [2.24, 2.45) is 0 Å². The third kappa shape index (κ3) is 4.46. The fourth-order valence-corrected chi connectivity index (χ4v) is 3.21. The van der Waals surface area contributed by atoms with Gasteiger partial charge in [-0.1, -0.05) is 18.2 Å². The number of carbonyl (C=O) groups is 3. The lowest BCUT2D eigenvalue weighted by atomic mass is 10.1. The highest BCUT2D eigenvalue weighted by Gasteiger charge is 2.34. The molecule has 10 heteroatoms. The van der Waals surface area contributed by atoms with Crippen molar-refractivity contribution in [3.8, 4) is 11.5 Å². The summed E-state index contributed by atoms with van der Waals surface area (Å²) in [5.41, 5.74) is 2.54. The molecule has 10 nitrogen and oxygen atoms in total. The molecular weight excluding hydrogens is 442 g/mol. The van der Waals surface area contributed by atoms with Gasteiger partial charge in [0.1, 0.15) is 17.1 Å². The summed E-state index contributed by atoms with van der Waals surface area (Å²) in [5, 5.41) is 12.3. The van der Waals surface area contributed by atoms with Crippen LogP contribution in [-0.4, -0.2) is 29.8 Å². The average molecular weight is 459 g/mol. The van der Waals surface area contributed by atoms with Crippen LogP contribution in [0.5, 0.6) is 11.5 Å². The molecule has 3 aromatic carbocycles. The molecule has 1 N–H and O–H groups in total. The standard InChI is InChI=1S/C24H17N3O7/c1-33-19-10-7-15(8-11-19)24(30)34-21-12-9-18(27(31)32)13-16(21)14-20-22(28)25-26(23(20)29)17-5-3-2-4-6-17/h2-14H,1H3,(H,25,28). The number of benzene rings is 3. The van der Waals surface area contributed by atoms with E-state index in [-0.39, 0.29) is 28.1 Å². The van der Waals surface area contributed by atoms with Crippen molar-refractivity contribution in [1.29, 1.82) is 0 Å². The Morgan fingerprint density at radius 3 is 2.38 bits per heavy atom. The summed E-state index contributed by atoms with van der Waals surface area (Å²) in [5.74, 6) is -1.60. The number of nitro benzene ring substituents is 1. The lowest BCUT2D eigenvalue weighted by Crippen LogP contribution is -2.35. The van der Waals surface area contributed by atoms with Crippen LogP contribution >= 0.6 is 0 Å². The zero-order chi connectivity index (χ0) is 24.2. The molecule has 1 heterocycles. The first-order valence-electron chi connectivity index (χ1n) is 9.94. The first-order chi connectivity index (χ1) is 16.4. The molecule has 0 unspecified atom stereocenters. The minimum atomic E-state index is -0.732. The Morgan fingerprint density at radius 1 is 1.03 bits per heavy atom. The van der Waals surface area contributed by atoms with E-state index in [0.717, 1.165) is 23.2 Å². The number of hydrogen-bond acceptors (Lipinski definition) is 7. The lowest BCUT2D eigenvalue weighted by molar-refractivity contribution is -0.384. The molecule has 1 saturated heterocycles. The van der Waals surface area contributed by atoms with Gasteiger partial charge in [0.25, 0.3) is 17.5 Å². The highest BCUT2D eigenvalue weighted by atomic mass is 16.6. The lowest BCUT2D eigenvalue weighted by Gasteiger charge is -2.14. The summed E-state index contributed by atoms with van der Waals surface area (Å²) in [6, 6.07) is 18.1. The molecule has 4 rings (SSSR count).